The lowest BCUT2D eigenvalue weighted by Gasteiger charge is -2.40. The molecule has 2 heterocycles. The summed E-state index contributed by atoms with van der Waals surface area (Å²) in [5, 5.41) is 13.0. The van der Waals surface area contributed by atoms with Crippen molar-refractivity contribution in [1.82, 2.24) is 14.9 Å². The molecule has 22 heavy (non-hydrogen) atoms. The van der Waals surface area contributed by atoms with E-state index in [-0.39, 0.29) is 18.1 Å². The van der Waals surface area contributed by atoms with E-state index >= 15 is 0 Å². The summed E-state index contributed by atoms with van der Waals surface area (Å²) >= 11 is 0. The summed E-state index contributed by atoms with van der Waals surface area (Å²) in [4.78, 5) is 4.25. The Morgan fingerprint density at radius 2 is 2.09 bits per heavy atom. The number of nitrogens with zero attached hydrogens (tertiary/aromatic N) is 2. The van der Waals surface area contributed by atoms with Crippen LogP contribution in [0.1, 0.15) is 24.4 Å². The largest absolute Gasteiger partial charge is 0.396 e. The molecule has 0 radical (unpaired) electrons. The lowest BCUT2D eigenvalue weighted by molar-refractivity contribution is -0.135. The van der Waals surface area contributed by atoms with E-state index in [0.29, 0.717) is 13.2 Å². The number of aryl methyl sites for hydroxylation is 1. The average Bonchev–Trinajstić information content (AvgIpc) is 2.93. The summed E-state index contributed by atoms with van der Waals surface area (Å²) in [6, 6.07) is 8.72. The monoisotopic (exact) mass is 301 g/mol. The van der Waals surface area contributed by atoms with E-state index in [4.69, 9.17) is 4.74 Å². The molecule has 0 saturated carbocycles. The molecule has 1 unspecified atom stereocenters. The molecule has 5 heteroatoms. The van der Waals surface area contributed by atoms with Gasteiger partial charge in [0.05, 0.1) is 25.2 Å². The van der Waals surface area contributed by atoms with Crippen molar-refractivity contribution in [3.8, 4) is 5.69 Å². The zero-order valence-electron chi connectivity index (χ0n) is 13.1. The van der Waals surface area contributed by atoms with Crippen LogP contribution in [-0.2, 0) is 4.74 Å². The first-order valence-electron chi connectivity index (χ1n) is 7.66. The second-order valence-electron chi connectivity index (χ2n) is 6.19. The molecule has 2 aromatic rings. The van der Waals surface area contributed by atoms with E-state index in [1.54, 1.807) is 0 Å². The second kappa shape index (κ2) is 6.20. The highest BCUT2D eigenvalue weighted by Crippen LogP contribution is 2.27. The van der Waals surface area contributed by atoms with E-state index in [1.165, 1.54) is 5.56 Å². The van der Waals surface area contributed by atoms with Gasteiger partial charge in [0.2, 0.25) is 0 Å². The Balaban J connectivity index is 1.64. The predicted molar refractivity (Wildman–Crippen MR) is 85.1 cm³/mol. The quantitative estimate of drug-likeness (QED) is 0.855. The van der Waals surface area contributed by atoms with Gasteiger partial charge in [0.25, 0.3) is 0 Å². The van der Waals surface area contributed by atoms with Crippen molar-refractivity contribution in [1.29, 1.82) is 0 Å². The molecule has 3 rings (SSSR count). The van der Waals surface area contributed by atoms with Gasteiger partial charge in [-0.25, -0.2) is 4.98 Å². The first-order chi connectivity index (χ1) is 10.6. The molecule has 1 fully saturated rings. The van der Waals surface area contributed by atoms with Gasteiger partial charge in [-0.05, 0) is 31.5 Å². The number of ether oxygens (including phenoxy) is 1. The summed E-state index contributed by atoms with van der Waals surface area (Å²) in [7, 11) is 0. The normalized spacial score (nSPS) is 18.0. The number of benzene rings is 1. The first kappa shape index (κ1) is 15.2. The van der Waals surface area contributed by atoms with Crippen LogP contribution in [0.2, 0.25) is 0 Å². The van der Waals surface area contributed by atoms with Gasteiger partial charge in [0, 0.05) is 30.7 Å². The number of nitrogens with one attached hydrogen (secondary N) is 1. The standard InChI is InChI=1S/C17H23N3O2/c1-13(19-9-17(10-21)11-22-12-17)15-3-5-16(6-4-15)20-8-7-18-14(20)2/h3-8,13,19,21H,9-12H2,1-2H3. The maximum absolute atomic E-state index is 9.46. The molecule has 0 bridgehead atoms. The summed E-state index contributed by atoms with van der Waals surface area (Å²) in [6.45, 7) is 6.36. The van der Waals surface area contributed by atoms with E-state index in [1.807, 2.05) is 19.3 Å². The minimum absolute atomic E-state index is 0.0951. The van der Waals surface area contributed by atoms with E-state index in [2.05, 4.69) is 46.1 Å². The molecule has 1 atom stereocenters. The predicted octanol–water partition coefficient (Wildman–Crippen LogP) is 1.84. The van der Waals surface area contributed by atoms with Crippen LogP contribution >= 0.6 is 0 Å². The topological polar surface area (TPSA) is 59.3 Å². The highest BCUT2D eigenvalue weighted by Gasteiger charge is 2.37. The number of aliphatic hydroxyl groups excluding tert-OH is 1. The van der Waals surface area contributed by atoms with Crippen LogP contribution in [0.5, 0.6) is 0 Å². The average molecular weight is 301 g/mol. The van der Waals surface area contributed by atoms with Crippen molar-refractivity contribution >= 4 is 0 Å². The lowest BCUT2D eigenvalue weighted by Crippen LogP contribution is -2.52. The molecule has 1 aliphatic rings. The van der Waals surface area contributed by atoms with Gasteiger partial charge in [-0.15, -0.1) is 0 Å². The minimum atomic E-state index is -0.0951. The van der Waals surface area contributed by atoms with Crippen molar-refractivity contribution in [3.05, 3.63) is 48.0 Å². The lowest BCUT2D eigenvalue weighted by atomic mass is 9.86. The van der Waals surface area contributed by atoms with E-state index in [9.17, 15) is 5.11 Å². The molecular weight excluding hydrogens is 278 g/mol. The fraction of sp³-hybridized carbons (Fsp3) is 0.471. The van der Waals surface area contributed by atoms with Crippen LogP contribution < -0.4 is 5.32 Å². The fourth-order valence-electron chi connectivity index (χ4n) is 2.70. The van der Waals surface area contributed by atoms with Crippen LogP contribution in [0, 0.1) is 12.3 Å². The molecule has 0 amide bonds. The molecule has 0 spiro atoms. The Labute approximate surface area is 130 Å². The molecule has 0 aliphatic carbocycles. The van der Waals surface area contributed by atoms with Crippen molar-refractivity contribution in [2.24, 2.45) is 5.41 Å². The van der Waals surface area contributed by atoms with Gasteiger partial charge in [-0.2, -0.15) is 0 Å². The zero-order chi connectivity index (χ0) is 15.6. The highest BCUT2D eigenvalue weighted by molar-refractivity contribution is 5.36. The Morgan fingerprint density at radius 3 is 2.59 bits per heavy atom. The molecule has 1 aromatic heterocycles. The summed E-state index contributed by atoms with van der Waals surface area (Å²) in [6.07, 6.45) is 3.77. The molecule has 5 nitrogen and oxygen atoms in total. The third-order valence-electron chi connectivity index (χ3n) is 4.43. The smallest absolute Gasteiger partial charge is 0.110 e. The van der Waals surface area contributed by atoms with E-state index in [0.717, 1.165) is 18.1 Å². The number of aromatic nitrogens is 2. The van der Waals surface area contributed by atoms with Crippen LogP contribution in [0.25, 0.3) is 5.69 Å². The summed E-state index contributed by atoms with van der Waals surface area (Å²) in [5.74, 6) is 0.980. The van der Waals surface area contributed by atoms with Gasteiger partial charge in [-0.3, -0.25) is 0 Å². The fourth-order valence-corrected chi connectivity index (χ4v) is 2.70. The first-order valence-corrected chi connectivity index (χ1v) is 7.66. The number of imidazole rings is 1. The maximum atomic E-state index is 9.46. The van der Waals surface area contributed by atoms with Crippen LogP contribution in [0.4, 0.5) is 0 Å². The number of hydrogen-bond acceptors (Lipinski definition) is 4. The highest BCUT2D eigenvalue weighted by atomic mass is 16.5. The Kier molecular flexibility index (Phi) is 4.29. The molecule has 1 aliphatic heterocycles. The van der Waals surface area contributed by atoms with Gasteiger partial charge >= 0.3 is 0 Å². The maximum Gasteiger partial charge on any atom is 0.110 e. The van der Waals surface area contributed by atoms with Gasteiger partial charge < -0.3 is 19.7 Å². The molecule has 118 valence electrons. The van der Waals surface area contributed by atoms with Gasteiger partial charge in [-0.1, -0.05) is 12.1 Å². The van der Waals surface area contributed by atoms with Gasteiger partial charge in [0.15, 0.2) is 0 Å². The number of rotatable bonds is 6. The minimum Gasteiger partial charge on any atom is -0.396 e. The van der Waals surface area contributed by atoms with Crippen molar-refractivity contribution in [3.63, 3.8) is 0 Å². The second-order valence-corrected chi connectivity index (χ2v) is 6.19. The number of hydrogen-bond donors (Lipinski definition) is 2. The molecule has 2 N–H and O–H groups in total. The summed E-state index contributed by atoms with van der Waals surface area (Å²) < 4.78 is 7.29. The Hall–Kier alpha value is -1.69. The molecule has 1 aromatic carbocycles. The zero-order valence-corrected chi connectivity index (χ0v) is 13.1. The van der Waals surface area contributed by atoms with Crippen molar-refractivity contribution in [2.45, 2.75) is 19.9 Å². The third-order valence-corrected chi connectivity index (χ3v) is 4.43. The number of aliphatic hydroxyl groups is 1. The van der Waals surface area contributed by atoms with Crippen molar-refractivity contribution in [2.75, 3.05) is 26.4 Å². The third kappa shape index (κ3) is 2.92. The van der Waals surface area contributed by atoms with Crippen molar-refractivity contribution < 1.29 is 9.84 Å². The summed E-state index contributed by atoms with van der Waals surface area (Å²) in [5.41, 5.74) is 2.25. The van der Waals surface area contributed by atoms with Crippen LogP contribution in [0.15, 0.2) is 36.7 Å². The van der Waals surface area contributed by atoms with Crippen LogP contribution in [0.3, 0.4) is 0 Å². The Bertz CT molecular complexity index is 612. The van der Waals surface area contributed by atoms with Gasteiger partial charge in [0.1, 0.15) is 5.82 Å². The molecule has 1 saturated heterocycles. The van der Waals surface area contributed by atoms with E-state index < -0.39 is 0 Å². The Morgan fingerprint density at radius 1 is 1.36 bits per heavy atom. The SMILES string of the molecule is Cc1nccn1-c1ccc(C(C)NCC2(CO)COC2)cc1. The molecular formula is C17H23N3O2. The van der Waals surface area contributed by atoms with Crippen LogP contribution in [-0.4, -0.2) is 41.0 Å².